The summed E-state index contributed by atoms with van der Waals surface area (Å²) in [5.41, 5.74) is 0. The average Bonchev–Trinajstić information content (AvgIpc) is 2.34. The minimum atomic E-state index is -4.30. The van der Waals surface area contributed by atoms with Crippen LogP contribution in [-0.2, 0) is 19.6 Å². The Labute approximate surface area is 108 Å². The lowest BCUT2D eigenvalue weighted by Gasteiger charge is -2.10. The van der Waals surface area contributed by atoms with Crippen LogP contribution in [0.4, 0.5) is 8.78 Å². The number of ether oxygens (including phenoxy) is 1. The van der Waals surface area contributed by atoms with Crippen molar-refractivity contribution in [3.63, 3.8) is 0 Å². The summed E-state index contributed by atoms with van der Waals surface area (Å²) in [5.74, 6) is -3.24. The summed E-state index contributed by atoms with van der Waals surface area (Å²) in [6.45, 7) is -0.689. The molecule has 0 heterocycles. The number of rotatable bonds is 5. The molecule has 19 heavy (non-hydrogen) atoms. The maximum atomic E-state index is 13.3. The molecule has 1 aromatic carbocycles. The number of halogens is 2. The Morgan fingerprint density at radius 1 is 1.47 bits per heavy atom. The highest BCUT2D eigenvalue weighted by molar-refractivity contribution is 7.89. The molecule has 2 N–H and O–H groups in total. The summed E-state index contributed by atoms with van der Waals surface area (Å²) in [7, 11) is -3.29. The van der Waals surface area contributed by atoms with Crippen molar-refractivity contribution in [1.82, 2.24) is 4.72 Å². The number of sulfonamides is 1. The number of benzene rings is 1. The Balaban J connectivity index is 2.85. The van der Waals surface area contributed by atoms with E-state index in [2.05, 4.69) is 4.74 Å². The van der Waals surface area contributed by atoms with E-state index in [-0.39, 0.29) is 0 Å². The number of methoxy groups -OCH3 is 1. The molecule has 0 bridgehead atoms. The first-order valence-corrected chi connectivity index (χ1v) is 6.47. The lowest BCUT2D eigenvalue weighted by Crippen LogP contribution is -2.37. The second-order valence-electron chi connectivity index (χ2n) is 3.47. The van der Waals surface area contributed by atoms with Crippen LogP contribution in [0.1, 0.15) is 0 Å². The highest BCUT2D eigenvalue weighted by atomic mass is 32.2. The number of aliphatic hydroxyl groups excluding tert-OH is 1. The summed E-state index contributed by atoms with van der Waals surface area (Å²) in [4.78, 5) is 10.1. The SMILES string of the molecule is COC(=O)C(O)CNS(=O)(=O)c1ccc(F)cc1F. The third-order valence-electron chi connectivity index (χ3n) is 2.12. The van der Waals surface area contributed by atoms with Gasteiger partial charge in [0.05, 0.1) is 7.11 Å². The van der Waals surface area contributed by atoms with Crippen LogP contribution >= 0.6 is 0 Å². The number of esters is 1. The van der Waals surface area contributed by atoms with Gasteiger partial charge in [-0.15, -0.1) is 0 Å². The van der Waals surface area contributed by atoms with Gasteiger partial charge in [0.15, 0.2) is 6.10 Å². The molecule has 0 fully saturated rings. The molecule has 0 aliphatic rings. The number of nitrogens with one attached hydrogen (secondary N) is 1. The van der Waals surface area contributed by atoms with E-state index in [0.717, 1.165) is 19.2 Å². The number of aliphatic hydroxyl groups is 1. The Bertz CT molecular complexity index is 575. The van der Waals surface area contributed by atoms with Gasteiger partial charge in [0.25, 0.3) is 0 Å². The molecule has 9 heteroatoms. The van der Waals surface area contributed by atoms with Gasteiger partial charge in [0, 0.05) is 12.6 Å². The molecule has 0 spiro atoms. The first-order valence-electron chi connectivity index (χ1n) is 4.98. The summed E-state index contributed by atoms with van der Waals surface area (Å²) in [5, 5.41) is 9.19. The van der Waals surface area contributed by atoms with Crippen LogP contribution in [0.2, 0.25) is 0 Å². The molecule has 1 unspecified atom stereocenters. The average molecular weight is 295 g/mol. The second kappa shape index (κ2) is 6.04. The van der Waals surface area contributed by atoms with Crippen LogP contribution in [0, 0.1) is 11.6 Å². The second-order valence-corrected chi connectivity index (χ2v) is 5.20. The normalized spacial score (nSPS) is 13.1. The van der Waals surface area contributed by atoms with E-state index in [0.29, 0.717) is 6.07 Å². The predicted molar refractivity (Wildman–Crippen MR) is 59.6 cm³/mol. The Morgan fingerprint density at radius 2 is 2.11 bits per heavy atom. The van der Waals surface area contributed by atoms with Crippen molar-refractivity contribution in [2.75, 3.05) is 13.7 Å². The van der Waals surface area contributed by atoms with Gasteiger partial charge in [-0.3, -0.25) is 0 Å². The third-order valence-corrected chi connectivity index (χ3v) is 3.58. The Morgan fingerprint density at radius 3 is 2.63 bits per heavy atom. The zero-order chi connectivity index (χ0) is 14.6. The maximum absolute atomic E-state index is 13.3. The molecule has 0 aromatic heterocycles. The Hall–Kier alpha value is -1.58. The molecular formula is C10H11F2NO5S. The van der Waals surface area contributed by atoms with Crippen molar-refractivity contribution >= 4 is 16.0 Å². The van der Waals surface area contributed by atoms with Crippen molar-refractivity contribution in [2.45, 2.75) is 11.0 Å². The van der Waals surface area contributed by atoms with Crippen molar-refractivity contribution in [3.8, 4) is 0 Å². The molecule has 106 valence electrons. The van der Waals surface area contributed by atoms with Gasteiger partial charge in [0.1, 0.15) is 16.5 Å². The van der Waals surface area contributed by atoms with Gasteiger partial charge in [-0.1, -0.05) is 0 Å². The monoisotopic (exact) mass is 295 g/mol. The quantitative estimate of drug-likeness (QED) is 0.732. The van der Waals surface area contributed by atoms with E-state index in [1.165, 1.54) is 0 Å². The Kier molecular flexibility index (Phi) is 4.92. The zero-order valence-electron chi connectivity index (χ0n) is 9.76. The van der Waals surface area contributed by atoms with Crippen molar-refractivity contribution < 1.29 is 31.8 Å². The molecule has 0 saturated heterocycles. The molecule has 1 atom stereocenters. The van der Waals surface area contributed by atoms with Crippen LogP contribution in [0.5, 0.6) is 0 Å². The smallest absolute Gasteiger partial charge is 0.336 e. The van der Waals surface area contributed by atoms with E-state index in [1.807, 2.05) is 4.72 Å². The number of hydrogen-bond acceptors (Lipinski definition) is 5. The summed E-state index contributed by atoms with van der Waals surface area (Å²) >= 11 is 0. The lowest BCUT2D eigenvalue weighted by atomic mass is 10.3. The van der Waals surface area contributed by atoms with E-state index >= 15 is 0 Å². The summed E-state index contributed by atoms with van der Waals surface area (Å²) < 4.78 is 55.2. The van der Waals surface area contributed by atoms with Crippen LogP contribution in [0.15, 0.2) is 23.1 Å². The molecule has 1 aromatic rings. The standard InChI is InChI=1S/C10H11F2NO5S/c1-18-10(15)8(14)5-13-19(16,17)9-3-2-6(11)4-7(9)12/h2-4,8,13-14H,5H2,1H3. The molecule has 0 amide bonds. The van der Waals surface area contributed by atoms with Crippen molar-refractivity contribution in [2.24, 2.45) is 0 Å². The molecular weight excluding hydrogens is 284 g/mol. The van der Waals surface area contributed by atoms with Gasteiger partial charge in [0.2, 0.25) is 10.0 Å². The van der Waals surface area contributed by atoms with Crippen molar-refractivity contribution in [1.29, 1.82) is 0 Å². The van der Waals surface area contributed by atoms with E-state index < -0.39 is 45.2 Å². The molecule has 1 rings (SSSR count). The molecule has 0 aliphatic carbocycles. The summed E-state index contributed by atoms with van der Waals surface area (Å²) in [6.07, 6.45) is -1.72. The van der Waals surface area contributed by atoms with E-state index in [4.69, 9.17) is 0 Å². The maximum Gasteiger partial charge on any atom is 0.336 e. The highest BCUT2D eigenvalue weighted by Crippen LogP contribution is 2.15. The lowest BCUT2D eigenvalue weighted by molar-refractivity contribution is -0.149. The molecule has 6 nitrogen and oxygen atoms in total. The number of hydrogen-bond donors (Lipinski definition) is 2. The first kappa shape index (κ1) is 15.5. The fourth-order valence-corrected chi connectivity index (χ4v) is 2.27. The van der Waals surface area contributed by atoms with Gasteiger partial charge < -0.3 is 9.84 Å². The minimum absolute atomic E-state index is 0.408. The fraction of sp³-hybridized carbons (Fsp3) is 0.300. The van der Waals surface area contributed by atoms with Crippen LogP contribution in [0.25, 0.3) is 0 Å². The summed E-state index contributed by atoms with van der Waals surface area (Å²) in [6, 6.07) is 1.91. The fourth-order valence-electron chi connectivity index (χ4n) is 1.18. The first-order chi connectivity index (χ1) is 8.77. The third kappa shape index (κ3) is 3.94. The van der Waals surface area contributed by atoms with E-state index in [9.17, 15) is 27.1 Å². The largest absolute Gasteiger partial charge is 0.467 e. The number of carbonyl (C=O) groups is 1. The molecule has 0 aliphatic heterocycles. The molecule has 0 radical (unpaired) electrons. The molecule has 0 saturated carbocycles. The predicted octanol–water partition coefficient (Wildman–Crippen LogP) is -0.223. The van der Waals surface area contributed by atoms with Crippen LogP contribution in [0.3, 0.4) is 0 Å². The van der Waals surface area contributed by atoms with E-state index in [1.54, 1.807) is 0 Å². The minimum Gasteiger partial charge on any atom is -0.467 e. The van der Waals surface area contributed by atoms with Crippen molar-refractivity contribution in [3.05, 3.63) is 29.8 Å². The number of carbonyl (C=O) groups excluding carboxylic acids is 1. The van der Waals surface area contributed by atoms with Gasteiger partial charge in [-0.2, -0.15) is 0 Å². The van der Waals surface area contributed by atoms with Gasteiger partial charge in [-0.25, -0.2) is 26.7 Å². The van der Waals surface area contributed by atoms with Crippen LogP contribution in [-0.4, -0.2) is 39.3 Å². The zero-order valence-corrected chi connectivity index (χ0v) is 10.6. The van der Waals surface area contributed by atoms with Gasteiger partial charge in [-0.05, 0) is 12.1 Å². The van der Waals surface area contributed by atoms with Crippen LogP contribution < -0.4 is 4.72 Å². The highest BCUT2D eigenvalue weighted by Gasteiger charge is 2.23. The van der Waals surface area contributed by atoms with Gasteiger partial charge >= 0.3 is 5.97 Å². The topological polar surface area (TPSA) is 92.7 Å².